The number of aliphatic hydroxyl groups is 2. The number of carbonyl (C=O) groups excluding carboxylic acids is 2. The van der Waals surface area contributed by atoms with Gasteiger partial charge in [-0.25, -0.2) is 0 Å². The Morgan fingerprint density at radius 2 is 0.627 bits per heavy atom. The van der Waals surface area contributed by atoms with Crippen molar-refractivity contribution in [3.05, 3.63) is 12.2 Å². The highest BCUT2D eigenvalue weighted by Crippen LogP contribution is 2.19. The van der Waals surface area contributed by atoms with Crippen molar-refractivity contribution >= 4 is 11.9 Å². The van der Waals surface area contributed by atoms with Gasteiger partial charge < -0.3 is 20.3 Å². The maximum atomic E-state index is 12.5. The Morgan fingerprint density at radius 1 is 0.360 bits per heavy atom. The van der Waals surface area contributed by atoms with Gasteiger partial charge in [0.05, 0.1) is 25.4 Å². The Hall–Kier alpha value is -1.40. The highest BCUT2D eigenvalue weighted by atomic mass is 16.5. The number of allylic oxidation sites excluding steroid dienone is 2. The Balaban J connectivity index is 3.38. The lowest BCUT2D eigenvalue weighted by molar-refractivity contribution is -0.143. The second-order valence-electron chi connectivity index (χ2n) is 23.9. The van der Waals surface area contributed by atoms with E-state index in [2.05, 4.69) is 31.3 Å². The van der Waals surface area contributed by atoms with Crippen LogP contribution in [0, 0.1) is 0 Å². The van der Waals surface area contributed by atoms with Crippen molar-refractivity contribution in [1.29, 1.82) is 0 Å². The summed E-state index contributed by atoms with van der Waals surface area (Å²) in [5, 5.41) is 23.4. The maximum absolute atomic E-state index is 12.5. The third-order valence-electron chi connectivity index (χ3n) is 16.3. The van der Waals surface area contributed by atoms with E-state index >= 15 is 0 Å². The normalized spacial score (nSPS) is 12.5. The number of hydrogen-bond acceptors (Lipinski definition) is 5. The fraction of sp³-hybridized carbons (Fsp3) is 0.942. The number of ether oxygens (including phenoxy) is 1. The van der Waals surface area contributed by atoms with Crippen molar-refractivity contribution in [3.8, 4) is 0 Å². The molecule has 3 N–H and O–H groups in total. The van der Waals surface area contributed by atoms with Gasteiger partial charge in [0.15, 0.2) is 0 Å². The fourth-order valence-electron chi connectivity index (χ4n) is 11.1. The largest absolute Gasteiger partial charge is 0.466 e. The molecule has 0 aliphatic carbocycles. The lowest BCUT2D eigenvalue weighted by Crippen LogP contribution is -2.45. The van der Waals surface area contributed by atoms with Crippen molar-refractivity contribution in [2.75, 3.05) is 13.2 Å². The molecule has 0 aromatic rings. The molecule has 0 radical (unpaired) electrons. The van der Waals surface area contributed by atoms with E-state index in [-0.39, 0.29) is 18.5 Å². The van der Waals surface area contributed by atoms with E-state index in [1.165, 1.54) is 315 Å². The second kappa shape index (κ2) is 65.1. The highest BCUT2D eigenvalue weighted by molar-refractivity contribution is 5.76. The summed E-state index contributed by atoms with van der Waals surface area (Å²) < 4.78 is 5.48. The third kappa shape index (κ3) is 61.7. The molecule has 0 aliphatic heterocycles. The molecular formula is C69H135NO5. The average Bonchev–Trinajstić information content (AvgIpc) is 3.41. The first kappa shape index (κ1) is 73.6. The van der Waals surface area contributed by atoms with Crippen LogP contribution < -0.4 is 5.32 Å². The van der Waals surface area contributed by atoms with Crippen LogP contribution in [0.25, 0.3) is 0 Å². The number of amides is 1. The summed E-state index contributed by atoms with van der Waals surface area (Å²) in [7, 11) is 0. The monoisotopic (exact) mass is 1060 g/mol. The molecule has 0 bridgehead atoms. The zero-order valence-electron chi connectivity index (χ0n) is 51.1. The van der Waals surface area contributed by atoms with Crippen LogP contribution in [0.5, 0.6) is 0 Å². The number of hydrogen-bond donors (Lipinski definition) is 3. The highest BCUT2D eigenvalue weighted by Gasteiger charge is 2.20. The van der Waals surface area contributed by atoms with Crippen molar-refractivity contribution < 1.29 is 24.5 Å². The Morgan fingerprint density at radius 3 is 0.960 bits per heavy atom. The molecule has 1 amide bonds. The summed E-state index contributed by atoms with van der Waals surface area (Å²) in [6.07, 6.45) is 79.6. The first-order valence-electron chi connectivity index (χ1n) is 34.4. The van der Waals surface area contributed by atoms with Gasteiger partial charge in [0.1, 0.15) is 0 Å². The number of unbranched alkanes of at least 4 members (excludes halogenated alkanes) is 52. The van der Waals surface area contributed by atoms with E-state index in [9.17, 15) is 19.8 Å². The van der Waals surface area contributed by atoms with Crippen LogP contribution >= 0.6 is 0 Å². The molecule has 0 saturated heterocycles. The molecule has 75 heavy (non-hydrogen) atoms. The van der Waals surface area contributed by atoms with E-state index in [4.69, 9.17) is 4.74 Å². The number of rotatable bonds is 65. The minimum absolute atomic E-state index is 0.00516. The lowest BCUT2D eigenvalue weighted by Gasteiger charge is -2.22. The molecule has 0 rings (SSSR count). The lowest BCUT2D eigenvalue weighted by atomic mass is 10.0. The molecule has 2 unspecified atom stereocenters. The Labute approximate surface area is 469 Å². The summed E-state index contributed by atoms with van der Waals surface area (Å²) in [6.45, 7) is 4.97. The van der Waals surface area contributed by atoms with Crippen LogP contribution in [0.4, 0.5) is 0 Å². The van der Waals surface area contributed by atoms with Gasteiger partial charge in [0.2, 0.25) is 5.91 Å². The van der Waals surface area contributed by atoms with Gasteiger partial charge in [-0.05, 0) is 51.4 Å². The number of esters is 1. The number of aliphatic hydroxyl groups excluding tert-OH is 2. The molecular weight excluding hydrogens is 923 g/mol. The van der Waals surface area contributed by atoms with Crippen molar-refractivity contribution in [2.24, 2.45) is 0 Å². The van der Waals surface area contributed by atoms with Crippen molar-refractivity contribution in [2.45, 2.75) is 405 Å². The van der Waals surface area contributed by atoms with Gasteiger partial charge in [0, 0.05) is 12.8 Å². The van der Waals surface area contributed by atoms with Crippen LogP contribution in [0.15, 0.2) is 12.2 Å². The summed E-state index contributed by atoms with van der Waals surface area (Å²) in [5.74, 6) is -0.0251. The SMILES string of the molecule is CCCCCC/C=C\CCCCCCCC(=O)OCCCCCCCCCCCCCCCCCCCCCCCCC(=O)NC(CO)C(O)CCCCCCCCCCCCCCCCCCCCCCCCC. The number of carbonyl (C=O) groups is 2. The molecule has 446 valence electrons. The smallest absolute Gasteiger partial charge is 0.305 e. The van der Waals surface area contributed by atoms with Crippen molar-refractivity contribution in [1.82, 2.24) is 5.32 Å². The minimum Gasteiger partial charge on any atom is -0.466 e. The Bertz CT molecular complexity index is 1130. The predicted octanol–water partition coefficient (Wildman–Crippen LogP) is 22.0. The van der Waals surface area contributed by atoms with E-state index in [0.717, 1.165) is 44.9 Å². The molecule has 0 aromatic carbocycles. The van der Waals surface area contributed by atoms with E-state index in [1.807, 2.05) is 0 Å². The first-order valence-corrected chi connectivity index (χ1v) is 34.4. The van der Waals surface area contributed by atoms with Crippen molar-refractivity contribution in [3.63, 3.8) is 0 Å². The van der Waals surface area contributed by atoms with E-state index in [0.29, 0.717) is 25.9 Å². The quantitative estimate of drug-likeness (QED) is 0.0320. The standard InChI is InChI=1S/C69H135NO5/c1-3-5-7-9-11-13-15-17-18-19-20-21-22-25-28-31-34-38-41-45-49-53-57-61-67(72)66(65-71)70-68(73)62-58-54-50-46-42-39-35-32-29-26-23-24-27-30-33-36-40-44-48-52-56-60-64-75-69(74)63-59-55-51-47-43-37-16-14-12-10-8-6-4-2/h14,16,66-67,71-72H,3-13,15,17-65H2,1-2H3,(H,70,73)/b16-14-. The molecule has 2 atom stereocenters. The third-order valence-corrected chi connectivity index (χ3v) is 16.3. The fourth-order valence-corrected chi connectivity index (χ4v) is 11.1. The van der Waals surface area contributed by atoms with Gasteiger partial charge in [0.25, 0.3) is 0 Å². The van der Waals surface area contributed by atoms with Crippen LogP contribution in [0.1, 0.15) is 393 Å². The second-order valence-corrected chi connectivity index (χ2v) is 23.9. The van der Waals surface area contributed by atoms with Crippen LogP contribution in [0.3, 0.4) is 0 Å². The van der Waals surface area contributed by atoms with Crippen LogP contribution in [0.2, 0.25) is 0 Å². The molecule has 0 aliphatic rings. The van der Waals surface area contributed by atoms with Crippen LogP contribution in [-0.4, -0.2) is 47.4 Å². The summed E-state index contributed by atoms with van der Waals surface area (Å²) >= 11 is 0. The van der Waals surface area contributed by atoms with E-state index < -0.39 is 12.1 Å². The molecule has 0 saturated carbocycles. The zero-order valence-corrected chi connectivity index (χ0v) is 51.1. The van der Waals surface area contributed by atoms with E-state index in [1.54, 1.807) is 0 Å². The van der Waals surface area contributed by atoms with Gasteiger partial charge in [-0.3, -0.25) is 9.59 Å². The Kier molecular flexibility index (Phi) is 63.9. The summed E-state index contributed by atoms with van der Waals surface area (Å²) in [5.41, 5.74) is 0. The predicted molar refractivity (Wildman–Crippen MR) is 329 cm³/mol. The zero-order chi connectivity index (χ0) is 54.3. The van der Waals surface area contributed by atoms with Gasteiger partial charge in [-0.15, -0.1) is 0 Å². The first-order chi connectivity index (χ1) is 37.0. The number of nitrogens with one attached hydrogen (secondary N) is 1. The summed E-state index contributed by atoms with van der Waals surface area (Å²) in [6, 6.07) is -0.542. The molecule has 0 spiro atoms. The van der Waals surface area contributed by atoms with Gasteiger partial charge in [-0.1, -0.05) is 341 Å². The molecule has 6 heteroatoms. The molecule has 0 fully saturated rings. The molecule has 0 aromatic heterocycles. The minimum atomic E-state index is -0.665. The topological polar surface area (TPSA) is 95.9 Å². The van der Waals surface area contributed by atoms with Gasteiger partial charge >= 0.3 is 5.97 Å². The summed E-state index contributed by atoms with van der Waals surface area (Å²) in [4.78, 5) is 24.6. The molecule has 0 heterocycles. The average molecular weight is 1060 g/mol. The molecule has 6 nitrogen and oxygen atoms in total. The van der Waals surface area contributed by atoms with Gasteiger partial charge in [-0.2, -0.15) is 0 Å². The maximum Gasteiger partial charge on any atom is 0.305 e. The van der Waals surface area contributed by atoms with Crippen LogP contribution in [-0.2, 0) is 14.3 Å².